The van der Waals surface area contributed by atoms with Crippen LogP contribution in [0.15, 0.2) is 30.5 Å². The van der Waals surface area contributed by atoms with Crippen LogP contribution in [0, 0.1) is 6.92 Å². The van der Waals surface area contributed by atoms with Crippen LogP contribution in [-0.2, 0) is 6.54 Å². The van der Waals surface area contributed by atoms with Crippen molar-refractivity contribution < 1.29 is 5.11 Å². The average molecular weight is 309 g/mol. The molecule has 1 aliphatic rings. The second-order valence-corrected chi connectivity index (χ2v) is 6.85. The van der Waals surface area contributed by atoms with Crippen LogP contribution in [0.4, 0.5) is 0 Å². The molecule has 1 N–H and O–H groups in total. The van der Waals surface area contributed by atoms with Gasteiger partial charge in [-0.05, 0) is 32.3 Å². The molecular formula is C19H23N3O. The molecule has 1 saturated carbocycles. The molecule has 3 aromatic rings. The third-order valence-electron chi connectivity index (χ3n) is 5.26. The van der Waals surface area contributed by atoms with E-state index in [1.807, 2.05) is 31.3 Å². The highest BCUT2D eigenvalue weighted by atomic mass is 16.3. The lowest BCUT2D eigenvalue weighted by atomic mass is 9.82. The number of imidazole rings is 1. The molecule has 1 aliphatic carbocycles. The van der Waals surface area contributed by atoms with E-state index < -0.39 is 5.60 Å². The van der Waals surface area contributed by atoms with Gasteiger partial charge in [-0.15, -0.1) is 0 Å². The van der Waals surface area contributed by atoms with Gasteiger partial charge in [-0.3, -0.25) is 4.98 Å². The van der Waals surface area contributed by atoms with E-state index in [9.17, 15) is 5.11 Å². The van der Waals surface area contributed by atoms with Gasteiger partial charge in [0, 0.05) is 11.9 Å². The molecule has 0 spiro atoms. The van der Waals surface area contributed by atoms with Crippen LogP contribution in [0.2, 0.25) is 0 Å². The number of aromatic nitrogens is 3. The number of aliphatic hydroxyl groups is 1. The first-order valence-electron chi connectivity index (χ1n) is 8.59. The summed E-state index contributed by atoms with van der Waals surface area (Å²) >= 11 is 0. The van der Waals surface area contributed by atoms with Crippen LogP contribution in [0.5, 0.6) is 0 Å². The van der Waals surface area contributed by atoms with Crippen molar-refractivity contribution in [2.24, 2.45) is 0 Å². The van der Waals surface area contributed by atoms with Crippen molar-refractivity contribution >= 4 is 21.9 Å². The molecule has 0 amide bonds. The summed E-state index contributed by atoms with van der Waals surface area (Å²) in [6.45, 7) is 2.85. The van der Waals surface area contributed by atoms with E-state index in [-0.39, 0.29) is 0 Å². The van der Waals surface area contributed by atoms with E-state index in [1.165, 1.54) is 6.42 Å². The highest BCUT2D eigenvalue weighted by molar-refractivity contribution is 6.02. The Balaban J connectivity index is 1.74. The molecule has 2 heterocycles. The monoisotopic (exact) mass is 309 g/mol. The highest BCUT2D eigenvalue weighted by Gasteiger charge is 2.29. The molecule has 120 valence electrons. The van der Waals surface area contributed by atoms with Crippen molar-refractivity contribution in [1.82, 2.24) is 14.5 Å². The van der Waals surface area contributed by atoms with Gasteiger partial charge < -0.3 is 9.67 Å². The minimum atomic E-state index is -0.496. The van der Waals surface area contributed by atoms with Gasteiger partial charge in [0.15, 0.2) is 0 Å². The predicted octanol–water partition coefficient (Wildman–Crippen LogP) is 3.98. The van der Waals surface area contributed by atoms with E-state index >= 15 is 0 Å². The van der Waals surface area contributed by atoms with Crippen LogP contribution in [0.3, 0.4) is 0 Å². The van der Waals surface area contributed by atoms with Gasteiger partial charge in [-0.25, -0.2) is 4.98 Å². The predicted molar refractivity (Wildman–Crippen MR) is 92.4 cm³/mol. The van der Waals surface area contributed by atoms with Crippen molar-refractivity contribution in [3.8, 4) is 0 Å². The Kier molecular flexibility index (Phi) is 3.57. The average Bonchev–Trinajstić information content (AvgIpc) is 2.89. The van der Waals surface area contributed by atoms with E-state index in [0.29, 0.717) is 0 Å². The standard InChI is InChI=1S/C19H23N3O/c1-14-21-17-13-20-16-8-4-3-7-15(16)18(17)22(14)12-11-19(23)9-5-2-6-10-19/h3-4,7-8,13,23H,2,5-6,9-12H2,1H3. The molecule has 2 aromatic heterocycles. The Morgan fingerprint density at radius 2 is 1.91 bits per heavy atom. The number of fused-ring (bicyclic) bond motifs is 3. The molecule has 1 aromatic carbocycles. The number of hydrogen-bond donors (Lipinski definition) is 1. The Morgan fingerprint density at radius 1 is 1.13 bits per heavy atom. The molecule has 4 rings (SSSR count). The molecule has 4 nitrogen and oxygen atoms in total. The molecule has 1 fully saturated rings. The summed E-state index contributed by atoms with van der Waals surface area (Å²) in [6.07, 6.45) is 8.07. The third-order valence-corrected chi connectivity index (χ3v) is 5.26. The summed E-state index contributed by atoms with van der Waals surface area (Å²) in [5.41, 5.74) is 2.59. The summed E-state index contributed by atoms with van der Waals surface area (Å²) in [6, 6.07) is 8.21. The molecule has 0 aliphatic heterocycles. The lowest BCUT2D eigenvalue weighted by Gasteiger charge is -2.32. The number of rotatable bonds is 3. The van der Waals surface area contributed by atoms with Gasteiger partial charge in [-0.1, -0.05) is 37.5 Å². The number of hydrogen-bond acceptors (Lipinski definition) is 3. The van der Waals surface area contributed by atoms with Crippen LogP contribution < -0.4 is 0 Å². The smallest absolute Gasteiger partial charge is 0.108 e. The van der Waals surface area contributed by atoms with Crippen molar-refractivity contribution in [3.63, 3.8) is 0 Å². The first-order chi connectivity index (χ1) is 11.2. The van der Waals surface area contributed by atoms with Gasteiger partial charge in [0.2, 0.25) is 0 Å². The molecule has 0 saturated heterocycles. The van der Waals surface area contributed by atoms with Gasteiger partial charge in [0.25, 0.3) is 0 Å². The maximum absolute atomic E-state index is 10.8. The number of aryl methyl sites for hydroxylation is 2. The van der Waals surface area contributed by atoms with E-state index in [1.54, 1.807) is 0 Å². The fourth-order valence-corrected chi connectivity index (χ4v) is 3.93. The first kappa shape index (κ1) is 14.6. The van der Waals surface area contributed by atoms with Gasteiger partial charge in [0.1, 0.15) is 11.3 Å². The number of nitrogens with zero attached hydrogens (tertiary/aromatic N) is 3. The SMILES string of the molecule is Cc1nc2cnc3ccccc3c2n1CCC1(O)CCCCC1. The number of benzene rings is 1. The molecule has 0 atom stereocenters. The second-order valence-electron chi connectivity index (χ2n) is 6.85. The zero-order valence-corrected chi connectivity index (χ0v) is 13.6. The Labute approximate surface area is 136 Å². The zero-order valence-electron chi connectivity index (χ0n) is 13.6. The van der Waals surface area contributed by atoms with Gasteiger partial charge in [-0.2, -0.15) is 0 Å². The molecule has 0 bridgehead atoms. The summed E-state index contributed by atoms with van der Waals surface area (Å²) in [5, 5.41) is 11.9. The normalized spacial score (nSPS) is 17.8. The van der Waals surface area contributed by atoms with Crippen molar-refractivity contribution in [2.75, 3.05) is 0 Å². The van der Waals surface area contributed by atoms with Crippen molar-refractivity contribution in [3.05, 3.63) is 36.3 Å². The van der Waals surface area contributed by atoms with Crippen LogP contribution in [0.1, 0.15) is 44.3 Å². The number of pyridine rings is 1. The molecule has 23 heavy (non-hydrogen) atoms. The number of para-hydroxylation sites is 1. The van der Waals surface area contributed by atoms with Gasteiger partial charge in [0.05, 0.1) is 22.8 Å². The summed E-state index contributed by atoms with van der Waals surface area (Å²) < 4.78 is 2.26. The maximum atomic E-state index is 10.8. The van der Waals surface area contributed by atoms with E-state index in [0.717, 1.165) is 66.4 Å². The highest BCUT2D eigenvalue weighted by Crippen LogP contribution is 2.32. The fraction of sp³-hybridized carbons (Fsp3) is 0.474. The molecule has 4 heteroatoms. The molecule has 0 radical (unpaired) electrons. The molecular weight excluding hydrogens is 286 g/mol. The Morgan fingerprint density at radius 3 is 2.74 bits per heavy atom. The van der Waals surface area contributed by atoms with Crippen molar-refractivity contribution in [2.45, 2.75) is 57.6 Å². The minimum Gasteiger partial charge on any atom is -0.390 e. The summed E-state index contributed by atoms with van der Waals surface area (Å²) in [7, 11) is 0. The van der Waals surface area contributed by atoms with Gasteiger partial charge >= 0.3 is 0 Å². The Hall–Kier alpha value is -1.94. The summed E-state index contributed by atoms with van der Waals surface area (Å²) in [4.78, 5) is 9.17. The lowest BCUT2D eigenvalue weighted by molar-refractivity contribution is -0.00712. The van der Waals surface area contributed by atoms with Crippen LogP contribution in [0.25, 0.3) is 21.9 Å². The Bertz CT molecular complexity index is 846. The topological polar surface area (TPSA) is 50.9 Å². The molecule has 0 unspecified atom stereocenters. The van der Waals surface area contributed by atoms with Crippen LogP contribution >= 0.6 is 0 Å². The fourth-order valence-electron chi connectivity index (χ4n) is 3.93. The minimum absolute atomic E-state index is 0.496. The summed E-state index contributed by atoms with van der Waals surface area (Å²) in [5.74, 6) is 0.998. The van der Waals surface area contributed by atoms with Crippen molar-refractivity contribution in [1.29, 1.82) is 0 Å². The van der Waals surface area contributed by atoms with E-state index in [2.05, 4.69) is 20.6 Å². The zero-order chi connectivity index (χ0) is 15.9. The first-order valence-corrected chi connectivity index (χ1v) is 8.59. The lowest BCUT2D eigenvalue weighted by Crippen LogP contribution is -2.32. The quantitative estimate of drug-likeness (QED) is 0.796. The van der Waals surface area contributed by atoms with Crippen LogP contribution in [-0.4, -0.2) is 25.2 Å². The second kappa shape index (κ2) is 5.60. The van der Waals surface area contributed by atoms with E-state index in [4.69, 9.17) is 0 Å². The third kappa shape index (κ3) is 2.61. The maximum Gasteiger partial charge on any atom is 0.108 e. The largest absolute Gasteiger partial charge is 0.390 e.